The Bertz CT molecular complexity index is 1540. The van der Waals surface area contributed by atoms with Crippen LogP contribution in [0.2, 0.25) is 0 Å². The Balaban J connectivity index is 1.36. The number of alkyl halides is 4. The number of carbonyl (C=O) groups excluding carboxylic acids is 2. The topological polar surface area (TPSA) is 117 Å². The molecule has 0 unspecified atom stereocenters. The Morgan fingerprint density at radius 1 is 0.844 bits per heavy atom. The lowest BCUT2D eigenvalue weighted by Crippen LogP contribution is -2.52. The van der Waals surface area contributed by atoms with Gasteiger partial charge >= 0.3 is 24.2 Å². The third kappa shape index (κ3) is 7.47. The summed E-state index contributed by atoms with van der Waals surface area (Å²) in [6, 6.07) is 16.4. The smallest absolute Gasteiger partial charge is 0.481 e. The van der Waals surface area contributed by atoms with Crippen molar-refractivity contribution in [2.45, 2.75) is 63.2 Å². The van der Waals surface area contributed by atoms with Crippen molar-refractivity contribution in [1.82, 2.24) is 5.32 Å². The van der Waals surface area contributed by atoms with Gasteiger partial charge < -0.3 is 25.2 Å². The molecule has 238 valence electrons. The molecule has 3 aromatic carbocycles. The van der Waals surface area contributed by atoms with Crippen molar-refractivity contribution in [3.63, 3.8) is 0 Å². The zero-order valence-electron chi connectivity index (χ0n) is 24.0. The molecule has 5 rings (SSSR count). The second-order valence-corrected chi connectivity index (χ2v) is 10.9. The average molecular weight is 630 g/mol. The standard InChI is InChI=1S/C32H31F4N3O6/c33-31(34)32(35,36)45-27-18-24(12-15-26(27)44-31)38-30(43)39(19-20-6-8-22(9-7-20)21-4-2-1-3-5-21)25-13-10-23(11-14-25)29(42)37-17-16-28(40)41/h6-15,18,21H,1-5,16-17,19H2,(H,37,42)(H,38,43)(H,40,41). The van der Waals surface area contributed by atoms with Gasteiger partial charge in [0, 0.05) is 29.5 Å². The van der Waals surface area contributed by atoms with Gasteiger partial charge in [-0.1, -0.05) is 43.5 Å². The number of hydrogen-bond acceptors (Lipinski definition) is 5. The van der Waals surface area contributed by atoms with Crippen LogP contribution >= 0.6 is 0 Å². The Morgan fingerprint density at radius 3 is 2.13 bits per heavy atom. The molecule has 0 radical (unpaired) electrons. The number of anilines is 2. The van der Waals surface area contributed by atoms with Gasteiger partial charge in [0.2, 0.25) is 0 Å². The lowest BCUT2D eigenvalue weighted by atomic mass is 9.84. The molecule has 3 amide bonds. The Kier molecular flexibility index (Phi) is 9.16. The van der Waals surface area contributed by atoms with E-state index in [0.717, 1.165) is 30.5 Å². The van der Waals surface area contributed by atoms with Crippen LogP contribution in [0.4, 0.5) is 33.7 Å². The van der Waals surface area contributed by atoms with Crippen molar-refractivity contribution in [3.8, 4) is 11.5 Å². The molecule has 3 aromatic rings. The molecule has 1 heterocycles. The van der Waals surface area contributed by atoms with Crippen LogP contribution in [0.1, 0.15) is 65.9 Å². The molecule has 0 aromatic heterocycles. The van der Waals surface area contributed by atoms with Gasteiger partial charge in [0.25, 0.3) is 5.91 Å². The number of aliphatic carboxylic acids is 1. The number of fused-ring (bicyclic) bond motifs is 1. The number of nitrogens with one attached hydrogen (secondary N) is 2. The SMILES string of the molecule is O=C(O)CCNC(=O)c1ccc(N(Cc2ccc(C3CCCCC3)cc2)C(=O)Nc2ccc3c(c2)OC(F)(F)C(F)(F)O3)cc1. The average Bonchev–Trinajstić information content (AvgIpc) is 3.01. The fourth-order valence-electron chi connectivity index (χ4n) is 5.31. The molecular weight excluding hydrogens is 598 g/mol. The first kappa shape index (κ1) is 31.6. The number of ether oxygens (including phenoxy) is 2. The normalized spacial score (nSPS) is 16.8. The fraction of sp³-hybridized carbons (Fsp3) is 0.344. The third-order valence-electron chi connectivity index (χ3n) is 7.72. The maximum Gasteiger partial charge on any atom is 0.507 e. The molecule has 0 saturated heterocycles. The Labute approximate surface area is 256 Å². The zero-order chi connectivity index (χ0) is 32.2. The van der Waals surface area contributed by atoms with Gasteiger partial charge in [-0.05, 0) is 66.3 Å². The molecule has 1 aliphatic heterocycles. The molecule has 1 saturated carbocycles. The minimum Gasteiger partial charge on any atom is -0.481 e. The number of amides is 3. The molecule has 2 aliphatic rings. The number of nitrogens with zero attached hydrogens (tertiary/aromatic N) is 1. The number of carboxylic acid groups (broad SMARTS) is 1. The van der Waals surface area contributed by atoms with Crippen molar-refractivity contribution in [3.05, 3.63) is 83.4 Å². The van der Waals surface area contributed by atoms with E-state index in [1.807, 2.05) is 24.3 Å². The number of rotatable bonds is 9. The van der Waals surface area contributed by atoms with Gasteiger partial charge in [0.15, 0.2) is 11.5 Å². The number of hydrogen-bond donors (Lipinski definition) is 3. The number of halogens is 4. The Morgan fingerprint density at radius 2 is 1.49 bits per heavy atom. The predicted octanol–water partition coefficient (Wildman–Crippen LogP) is 7.13. The molecule has 3 N–H and O–H groups in total. The summed E-state index contributed by atoms with van der Waals surface area (Å²) >= 11 is 0. The zero-order valence-corrected chi connectivity index (χ0v) is 24.0. The third-order valence-corrected chi connectivity index (χ3v) is 7.72. The van der Waals surface area contributed by atoms with Gasteiger partial charge in [-0.2, -0.15) is 17.6 Å². The maximum absolute atomic E-state index is 13.7. The Hall–Kier alpha value is -4.81. The molecule has 0 spiro atoms. The van der Waals surface area contributed by atoms with Gasteiger partial charge in [0.1, 0.15) is 0 Å². The van der Waals surface area contributed by atoms with Gasteiger partial charge in [-0.15, -0.1) is 0 Å². The molecule has 0 atom stereocenters. The summed E-state index contributed by atoms with van der Waals surface area (Å²) in [4.78, 5) is 38.1. The van der Waals surface area contributed by atoms with Crippen LogP contribution in [0.25, 0.3) is 0 Å². The summed E-state index contributed by atoms with van der Waals surface area (Å²) in [5, 5.41) is 13.9. The van der Waals surface area contributed by atoms with E-state index in [-0.39, 0.29) is 30.8 Å². The quantitative estimate of drug-likeness (QED) is 0.217. The molecule has 13 heteroatoms. The van der Waals surface area contributed by atoms with E-state index in [9.17, 15) is 31.9 Å². The highest BCUT2D eigenvalue weighted by atomic mass is 19.3. The van der Waals surface area contributed by atoms with E-state index in [2.05, 4.69) is 20.1 Å². The van der Waals surface area contributed by atoms with Crippen LogP contribution < -0.4 is 25.0 Å². The van der Waals surface area contributed by atoms with Crippen LogP contribution in [0, 0.1) is 0 Å². The van der Waals surface area contributed by atoms with E-state index in [0.29, 0.717) is 11.6 Å². The van der Waals surface area contributed by atoms with E-state index < -0.39 is 41.6 Å². The number of carbonyl (C=O) groups is 3. The van der Waals surface area contributed by atoms with Crippen molar-refractivity contribution < 1.29 is 46.5 Å². The molecule has 0 bridgehead atoms. The van der Waals surface area contributed by atoms with Crippen molar-refractivity contribution in [1.29, 1.82) is 0 Å². The van der Waals surface area contributed by atoms with E-state index >= 15 is 0 Å². The minimum absolute atomic E-state index is 0.0181. The predicted molar refractivity (Wildman–Crippen MR) is 156 cm³/mol. The molecule has 1 fully saturated rings. The lowest BCUT2D eigenvalue weighted by molar-refractivity contribution is -0.391. The molecular formula is C32H31F4N3O6. The highest BCUT2D eigenvalue weighted by Crippen LogP contribution is 2.47. The monoisotopic (exact) mass is 629 g/mol. The summed E-state index contributed by atoms with van der Waals surface area (Å²) < 4.78 is 62.9. The molecule has 45 heavy (non-hydrogen) atoms. The van der Waals surface area contributed by atoms with Crippen molar-refractivity contribution in [2.75, 3.05) is 16.8 Å². The van der Waals surface area contributed by atoms with Gasteiger partial charge in [0.05, 0.1) is 13.0 Å². The van der Waals surface area contributed by atoms with Crippen LogP contribution in [-0.2, 0) is 11.3 Å². The van der Waals surface area contributed by atoms with Crippen molar-refractivity contribution >= 4 is 29.3 Å². The highest BCUT2D eigenvalue weighted by molar-refractivity contribution is 6.02. The first-order valence-corrected chi connectivity index (χ1v) is 14.5. The van der Waals surface area contributed by atoms with Gasteiger partial charge in [-0.3, -0.25) is 14.5 Å². The highest BCUT2D eigenvalue weighted by Gasteiger charge is 2.66. The van der Waals surface area contributed by atoms with E-state index in [1.54, 1.807) is 0 Å². The largest absolute Gasteiger partial charge is 0.507 e. The van der Waals surface area contributed by atoms with Crippen LogP contribution in [0.3, 0.4) is 0 Å². The van der Waals surface area contributed by atoms with E-state index in [1.165, 1.54) is 60.1 Å². The lowest BCUT2D eigenvalue weighted by Gasteiger charge is -2.32. The summed E-state index contributed by atoms with van der Waals surface area (Å²) in [6.07, 6.45) is -4.15. The second-order valence-electron chi connectivity index (χ2n) is 10.9. The molecule has 9 nitrogen and oxygen atoms in total. The molecule has 1 aliphatic carbocycles. The number of carboxylic acids is 1. The fourth-order valence-corrected chi connectivity index (χ4v) is 5.31. The minimum atomic E-state index is -4.92. The van der Waals surface area contributed by atoms with Crippen LogP contribution in [0.15, 0.2) is 66.7 Å². The van der Waals surface area contributed by atoms with Gasteiger partial charge in [-0.25, -0.2) is 4.79 Å². The first-order valence-electron chi connectivity index (χ1n) is 14.5. The van der Waals surface area contributed by atoms with Crippen molar-refractivity contribution in [2.24, 2.45) is 0 Å². The number of urea groups is 1. The summed E-state index contributed by atoms with van der Waals surface area (Å²) in [7, 11) is 0. The first-order chi connectivity index (χ1) is 21.4. The maximum atomic E-state index is 13.7. The summed E-state index contributed by atoms with van der Waals surface area (Å²) in [5.41, 5.74) is 2.63. The summed E-state index contributed by atoms with van der Waals surface area (Å²) in [6.45, 7) is 0.0379. The second kappa shape index (κ2) is 13.0. The number of benzene rings is 3. The summed E-state index contributed by atoms with van der Waals surface area (Å²) in [5.74, 6) is -2.34. The van der Waals surface area contributed by atoms with Crippen LogP contribution in [-0.4, -0.2) is 41.8 Å². The van der Waals surface area contributed by atoms with E-state index in [4.69, 9.17) is 5.11 Å². The van der Waals surface area contributed by atoms with Crippen LogP contribution in [0.5, 0.6) is 11.5 Å².